The zero-order chi connectivity index (χ0) is 12.1. The third-order valence-electron chi connectivity index (χ3n) is 2.02. The van der Waals surface area contributed by atoms with Gasteiger partial charge in [0.05, 0.1) is 12.3 Å². The summed E-state index contributed by atoms with van der Waals surface area (Å²) in [5.74, 6) is 0.819. The third kappa shape index (κ3) is 3.14. The standard InChI is InChI=1S/C12H14N4O/c1-10(2)17-12-6-4-3-5-11(12)7-15-16-8-13-14-9-16/h3-10H,1-2H3. The average molecular weight is 230 g/mol. The van der Waals surface area contributed by atoms with Crippen molar-refractivity contribution in [1.29, 1.82) is 0 Å². The zero-order valence-electron chi connectivity index (χ0n) is 9.82. The van der Waals surface area contributed by atoms with Crippen LogP contribution >= 0.6 is 0 Å². The van der Waals surface area contributed by atoms with Crippen molar-refractivity contribution in [3.8, 4) is 5.75 Å². The quantitative estimate of drug-likeness (QED) is 0.754. The van der Waals surface area contributed by atoms with Gasteiger partial charge in [0, 0.05) is 5.56 Å². The summed E-state index contributed by atoms with van der Waals surface area (Å²) >= 11 is 0. The summed E-state index contributed by atoms with van der Waals surface area (Å²) in [7, 11) is 0. The van der Waals surface area contributed by atoms with Crippen molar-refractivity contribution in [3.63, 3.8) is 0 Å². The van der Waals surface area contributed by atoms with E-state index in [1.807, 2.05) is 38.1 Å². The second-order valence-corrected chi connectivity index (χ2v) is 3.79. The van der Waals surface area contributed by atoms with Crippen molar-refractivity contribution in [3.05, 3.63) is 42.5 Å². The number of para-hydroxylation sites is 1. The van der Waals surface area contributed by atoms with Crippen LogP contribution in [-0.4, -0.2) is 27.2 Å². The molecule has 17 heavy (non-hydrogen) atoms. The van der Waals surface area contributed by atoms with Gasteiger partial charge in [-0.05, 0) is 26.0 Å². The molecular weight excluding hydrogens is 216 g/mol. The monoisotopic (exact) mass is 230 g/mol. The van der Waals surface area contributed by atoms with Crippen molar-refractivity contribution < 1.29 is 4.74 Å². The minimum absolute atomic E-state index is 0.138. The van der Waals surface area contributed by atoms with E-state index in [0.29, 0.717) is 0 Å². The van der Waals surface area contributed by atoms with Crippen molar-refractivity contribution in [2.75, 3.05) is 0 Å². The fraction of sp³-hybridized carbons (Fsp3) is 0.250. The van der Waals surface area contributed by atoms with E-state index < -0.39 is 0 Å². The highest BCUT2D eigenvalue weighted by Gasteiger charge is 2.02. The molecule has 0 saturated heterocycles. The van der Waals surface area contributed by atoms with Crippen LogP contribution < -0.4 is 4.74 Å². The molecule has 0 bridgehead atoms. The number of benzene rings is 1. The number of ether oxygens (including phenoxy) is 1. The molecule has 0 saturated carbocycles. The minimum atomic E-state index is 0.138. The molecule has 0 radical (unpaired) electrons. The van der Waals surface area contributed by atoms with Gasteiger partial charge in [-0.2, -0.15) is 5.10 Å². The molecule has 0 N–H and O–H groups in total. The van der Waals surface area contributed by atoms with Crippen LogP contribution in [0.4, 0.5) is 0 Å². The fourth-order valence-corrected chi connectivity index (χ4v) is 1.33. The van der Waals surface area contributed by atoms with Gasteiger partial charge in [0.15, 0.2) is 0 Å². The first-order valence-electron chi connectivity index (χ1n) is 5.40. The van der Waals surface area contributed by atoms with Gasteiger partial charge in [-0.3, -0.25) is 0 Å². The molecule has 2 aromatic rings. The van der Waals surface area contributed by atoms with Crippen molar-refractivity contribution in [2.45, 2.75) is 20.0 Å². The molecule has 0 aliphatic rings. The van der Waals surface area contributed by atoms with Gasteiger partial charge in [0.2, 0.25) is 0 Å². The number of aromatic nitrogens is 3. The van der Waals surface area contributed by atoms with Gasteiger partial charge in [-0.15, -0.1) is 10.2 Å². The number of hydrogen-bond acceptors (Lipinski definition) is 4. The summed E-state index contributed by atoms with van der Waals surface area (Å²) in [6, 6.07) is 7.76. The maximum Gasteiger partial charge on any atom is 0.141 e. The lowest BCUT2D eigenvalue weighted by atomic mass is 10.2. The summed E-state index contributed by atoms with van der Waals surface area (Å²) in [6.45, 7) is 3.99. The number of rotatable bonds is 4. The normalized spacial score (nSPS) is 11.2. The summed E-state index contributed by atoms with van der Waals surface area (Å²) in [6.07, 6.45) is 4.92. The molecule has 0 fully saturated rings. The largest absolute Gasteiger partial charge is 0.490 e. The van der Waals surface area contributed by atoms with Crippen LogP contribution in [0, 0.1) is 0 Å². The molecule has 0 spiro atoms. The van der Waals surface area contributed by atoms with Gasteiger partial charge in [-0.1, -0.05) is 12.1 Å². The average Bonchev–Trinajstić information content (AvgIpc) is 2.80. The maximum atomic E-state index is 5.68. The lowest BCUT2D eigenvalue weighted by Gasteiger charge is -2.11. The van der Waals surface area contributed by atoms with Crippen molar-refractivity contribution in [2.24, 2.45) is 5.10 Å². The molecule has 88 valence electrons. The second kappa shape index (κ2) is 5.25. The molecule has 1 aromatic heterocycles. The first kappa shape index (κ1) is 11.3. The van der Waals surface area contributed by atoms with Crippen LogP contribution in [0.25, 0.3) is 0 Å². The Labute approximate surface area is 99.8 Å². The van der Waals surface area contributed by atoms with Gasteiger partial charge in [0.25, 0.3) is 0 Å². The van der Waals surface area contributed by atoms with E-state index in [-0.39, 0.29) is 6.10 Å². The third-order valence-corrected chi connectivity index (χ3v) is 2.02. The Hall–Kier alpha value is -2.17. The Bertz CT molecular complexity index is 491. The molecule has 2 rings (SSSR count). The predicted molar refractivity (Wildman–Crippen MR) is 65.2 cm³/mol. The van der Waals surface area contributed by atoms with Gasteiger partial charge in [-0.25, -0.2) is 4.68 Å². The first-order valence-corrected chi connectivity index (χ1v) is 5.40. The molecule has 1 heterocycles. The van der Waals surface area contributed by atoms with Crippen molar-refractivity contribution >= 4 is 6.21 Å². The van der Waals surface area contributed by atoms with Crippen LogP contribution in [0.5, 0.6) is 5.75 Å². The van der Waals surface area contributed by atoms with Gasteiger partial charge < -0.3 is 4.74 Å². The molecule has 0 unspecified atom stereocenters. The molecule has 1 aromatic carbocycles. The van der Waals surface area contributed by atoms with Crippen LogP contribution in [0.1, 0.15) is 19.4 Å². The van der Waals surface area contributed by atoms with E-state index in [1.54, 1.807) is 6.21 Å². The minimum Gasteiger partial charge on any atom is -0.490 e. The Balaban J connectivity index is 2.20. The molecule has 0 atom stereocenters. The van der Waals surface area contributed by atoms with E-state index in [9.17, 15) is 0 Å². The summed E-state index contributed by atoms with van der Waals surface area (Å²) in [5, 5.41) is 11.5. The highest BCUT2D eigenvalue weighted by atomic mass is 16.5. The SMILES string of the molecule is CC(C)Oc1ccccc1C=Nn1cnnc1. The Kier molecular flexibility index (Phi) is 3.49. The molecule has 5 nitrogen and oxygen atoms in total. The topological polar surface area (TPSA) is 52.3 Å². The maximum absolute atomic E-state index is 5.68. The van der Waals surface area contributed by atoms with E-state index in [2.05, 4.69) is 15.3 Å². The van der Waals surface area contributed by atoms with E-state index in [1.165, 1.54) is 17.3 Å². The van der Waals surface area contributed by atoms with E-state index >= 15 is 0 Å². The lowest BCUT2D eigenvalue weighted by Crippen LogP contribution is -2.07. The van der Waals surface area contributed by atoms with E-state index in [0.717, 1.165) is 11.3 Å². The summed E-state index contributed by atoms with van der Waals surface area (Å²) < 4.78 is 7.22. The van der Waals surface area contributed by atoms with Crippen LogP contribution in [-0.2, 0) is 0 Å². The number of nitrogens with zero attached hydrogens (tertiary/aromatic N) is 4. The smallest absolute Gasteiger partial charge is 0.141 e. The van der Waals surface area contributed by atoms with E-state index in [4.69, 9.17) is 4.74 Å². The predicted octanol–water partition coefficient (Wildman–Crippen LogP) is 1.95. The van der Waals surface area contributed by atoms with Crippen LogP contribution in [0.2, 0.25) is 0 Å². The zero-order valence-corrected chi connectivity index (χ0v) is 9.82. The Morgan fingerprint density at radius 2 is 1.94 bits per heavy atom. The highest BCUT2D eigenvalue weighted by molar-refractivity contribution is 5.83. The summed E-state index contributed by atoms with van der Waals surface area (Å²) in [5.41, 5.74) is 0.926. The van der Waals surface area contributed by atoms with Gasteiger partial charge in [0.1, 0.15) is 18.4 Å². The molecule has 0 aliphatic carbocycles. The molecule has 5 heteroatoms. The van der Waals surface area contributed by atoms with Crippen LogP contribution in [0.3, 0.4) is 0 Å². The molecule has 0 aliphatic heterocycles. The lowest BCUT2D eigenvalue weighted by molar-refractivity contribution is 0.242. The molecular formula is C12H14N4O. The fourth-order valence-electron chi connectivity index (χ4n) is 1.33. The first-order chi connectivity index (χ1) is 8.25. The summed E-state index contributed by atoms with van der Waals surface area (Å²) in [4.78, 5) is 0. The van der Waals surface area contributed by atoms with Crippen LogP contribution in [0.15, 0.2) is 42.0 Å². The Morgan fingerprint density at radius 1 is 1.24 bits per heavy atom. The van der Waals surface area contributed by atoms with Crippen molar-refractivity contribution in [1.82, 2.24) is 14.9 Å². The number of hydrogen-bond donors (Lipinski definition) is 0. The van der Waals surface area contributed by atoms with Gasteiger partial charge >= 0.3 is 0 Å². The highest BCUT2D eigenvalue weighted by Crippen LogP contribution is 2.17. The Morgan fingerprint density at radius 3 is 2.65 bits per heavy atom. The second-order valence-electron chi connectivity index (χ2n) is 3.79. The molecule has 0 amide bonds.